The molecular formula is C22H23N5O3. The number of hydrogen-bond acceptors (Lipinski definition) is 5. The Balaban J connectivity index is 1.26. The number of carbonyl (C=O) groups excluding carboxylic acids is 2. The predicted octanol–water partition coefficient (Wildman–Crippen LogP) is 1.74. The van der Waals surface area contributed by atoms with E-state index in [2.05, 4.69) is 15.2 Å². The van der Waals surface area contributed by atoms with Crippen LogP contribution in [0, 0.1) is 6.92 Å². The molecule has 3 heterocycles. The summed E-state index contributed by atoms with van der Waals surface area (Å²) in [5, 5.41) is 18.1. The minimum Gasteiger partial charge on any atom is -0.380 e. The fourth-order valence-corrected chi connectivity index (χ4v) is 3.90. The van der Waals surface area contributed by atoms with Gasteiger partial charge in [0, 0.05) is 54.6 Å². The average molecular weight is 405 g/mol. The zero-order valence-electron chi connectivity index (χ0n) is 16.8. The van der Waals surface area contributed by atoms with E-state index < -0.39 is 5.60 Å². The fourth-order valence-electron chi connectivity index (χ4n) is 3.90. The number of carbonyl (C=O) groups is 2. The molecule has 0 unspecified atom stereocenters. The number of aromatic amines is 1. The summed E-state index contributed by atoms with van der Waals surface area (Å²) in [4.78, 5) is 32.9. The molecule has 2 aromatic heterocycles. The van der Waals surface area contributed by atoms with Crippen molar-refractivity contribution in [1.82, 2.24) is 25.0 Å². The lowest BCUT2D eigenvalue weighted by Crippen LogP contribution is -2.53. The zero-order valence-corrected chi connectivity index (χ0v) is 16.8. The van der Waals surface area contributed by atoms with Gasteiger partial charge in [0.1, 0.15) is 5.60 Å². The molecule has 0 spiro atoms. The second kappa shape index (κ2) is 6.91. The van der Waals surface area contributed by atoms with E-state index >= 15 is 0 Å². The number of nitrogens with zero attached hydrogens (tertiary/aromatic N) is 4. The molecule has 0 radical (unpaired) electrons. The largest absolute Gasteiger partial charge is 0.380 e. The first-order valence-corrected chi connectivity index (χ1v) is 10.2. The van der Waals surface area contributed by atoms with Crippen molar-refractivity contribution in [1.29, 1.82) is 0 Å². The highest BCUT2D eigenvalue weighted by molar-refractivity contribution is 5.95. The Morgan fingerprint density at radius 2 is 1.70 bits per heavy atom. The van der Waals surface area contributed by atoms with Gasteiger partial charge >= 0.3 is 0 Å². The molecule has 2 aliphatic rings. The normalized spacial score (nSPS) is 17.9. The molecule has 2 fully saturated rings. The maximum Gasteiger partial charge on any atom is 0.254 e. The molecule has 1 aliphatic heterocycles. The molecule has 1 saturated carbocycles. The molecule has 2 amide bonds. The minimum absolute atomic E-state index is 0.0435. The van der Waals surface area contributed by atoms with Crippen molar-refractivity contribution in [2.75, 3.05) is 26.2 Å². The first kappa shape index (κ1) is 18.7. The number of amides is 2. The molecule has 0 atom stereocenters. The molecule has 0 bridgehead atoms. The summed E-state index contributed by atoms with van der Waals surface area (Å²) >= 11 is 0. The van der Waals surface area contributed by atoms with E-state index in [9.17, 15) is 14.7 Å². The summed E-state index contributed by atoms with van der Waals surface area (Å²) in [5.74, 6) is -0.240. The number of benzene rings is 1. The van der Waals surface area contributed by atoms with Crippen molar-refractivity contribution in [2.45, 2.75) is 25.4 Å². The van der Waals surface area contributed by atoms with Gasteiger partial charge < -0.3 is 14.9 Å². The summed E-state index contributed by atoms with van der Waals surface area (Å²) in [6.45, 7) is 3.83. The van der Waals surface area contributed by atoms with Gasteiger partial charge in [-0.05, 0) is 43.5 Å². The van der Waals surface area contributed by atoms with E-state index in [4.69, 9.17) is 0 Å². The van der Waals surface area contributed by atoms with E-state index in [-0.39, 0.29) is 11.8 Å². The molecule has 2 N–H and O–H groups in total. The predicted molar refractivity (Wildman–Crippen MR) is 111 cm³/mol. The van der Waals surface area contributed by atoms with Gasteiger partial charge in [0.15, 0.2) is 5.65 Å². The fraction of sp³-hybridized carbons (Fsp3) is 0.364. The first-order chi connectivity index (χ1) is 14.4. The van der Waals surface area contributed by atoms with E-state index in [1.165, 1.54) is 0 Å². The Morgan fingerprint density at radius 1 is 1.03 bits per heavy atom. The molecule has 30 heavy (non-hydrogen) atoms. The highest BCUT2D eigenvalue weighted by Crippen LogP contribution is 2.37. The van der Waals surface area contributed by atoms with E-state index in [0.717, 1.165) is 22.2 Å². The van der Waals surface area contributed by atoms with Crippen LogP contribution < -0.4 is 0 Å². The van der Waals surface area contributed by atoms with Crippen molar-refractivity contribution < 1.29 is 14.7 Å². The molecule has 1 aliphatic carbocycles. The summed E-state index contributed by atoms with van der Waals surface area (Å²) in [6.07, 6.45) is 2.86. The Bertz CT molecular complexity index is 1130. The maximum absolute atomic E-state index is 12.9. The molecular weight excluding hydrogens is 382 g/mol. The van der Waals surface area contributed by atoms with Gasteiger partial charge in [-0.2, -0.15) is 5.10 Å². The third kappa shape index (κ3) is 3.23. The third-order valence-corrected chi connectivity index (χ3v) is 6.04. The Kier molecular flexibility index (Phi) is 4.32. The maximum atomic E-state index is 12.9. The lowest BCUT2D eigenvalue weighted by atomic mass is 10.0. The second-order valence-corrected chi connectivity index (χ2v) is 8.14. The highest BCUT2D eigenvalue weighted by atomic mass is 16.3. The van der Waals surface area contributed by atoms with Gasteiger partial charge in [-0.15, -0.1) is 0 Å². The van der Waals surface area contributed by atoms with E-state index in [0.29, 0.717) is 50.2 Å². The SMILES string of the molecule is Cc1[nH]nc2ncc(-c3ccc(C(=O)N4CCN(C(=O)C5(O)CC5)CC4)cc3)cc12. The number of aliphatic hydroxyl groups is 1. The molecule has 8 nitrogen and oxygen atoms in total. The van der Waals surface area contributed by atoms with Crippen molar-refractivity contribution in [3.63, 3.8) is 0 Å². The van der Waals surface area contributed by atoms with Crippen LogP contribution in [-0.2, 0) is 4.79 Å². The van der Waals surface area contributed by atoms with Crippen LogP contribution in [-0.4, -0.2) is 73.7 Å². The lowest BCUT2D eigenvalue weighted by molar-refractivity contribution is -0.143. The van der Waals surface area contributed by atoms with Crippen LogP contribution in [0.5, 0.6) is 0 Å². The van der Waals surface area contributed by atoms with Crippen molar-refractivity contribution in [3.05, 3.63) is 47.8 Å². The van der Waals surface area contributed by atoms with Crippen LogP contribution in [0.3, 0.4) is 0 Å². The number of hydrogen-bond donors (Lipinski definition) is 2. The van der Waals surface area contributed by atoms with Crippen LogP contribution in [0.4, 0.5) is 0 Å². The van der Waals surface area contributed by atoms with E-state index in [1.807, 2.05) is 37.3 Å². The summed E-state index contributed by atoms with van der Waals surface area (Å²) in [6, 6.07) is 9.55. The summed E-state index contributed by atoms with van der Waals surface area (Å²) in [7, 11) is 0. The summed E-state index contributed by atoms with van der Waals surface area (Å²) < 4.78 is 0. The van der Waals surface area contributed by atoms with Crippen LogP contribution in [0.1, 0.15) is 28.9 Å². The number of aromatic nitrogens is 3. The average Bonchev–Trinajstić information content (AvgIpc) is 3.44. The van der Waals surface area contributed by atoms with Crippen LogP contribution in [0.25, 0.3) is 22.2 Å². The standard InChI is InChI=1S/C22H23N5O3/c1-14-18-12-17(13-23-19(18)25-24-14)15-2-4-16(5-3-15)20(28)26-8-10-27(11-9-26)21(29)22(30)6-7-22/h2-5,12-13,30H,6-11H2,1H3,(H,23,24,25). The number of piperazine rings is 1. The Morgan fingerprint density at radius 3 is 2.37 bits per heavy atom. The van der Waals surface area contributed by atoms with Gasteiger partial charge in [-0.25, -0.2) is 4.98 Å². The van der Waals surface area contributed by atoms with Crippen molar-refractivity contribution >= 4 is 22.8 Å². The quantitative estimate of drug-likeness (QED) is 0.691. The number of pyridine rings is 1. The topological polar surface area (TPSA) is 102 Å². The molecule has 154 valence electrons. The first-order valence-electron chi connectivity index (χ1n) is 10.2. The Hall–Kier alpha value is -3.26. The van der Waals surface area contributed by atoms with Gasteiger partial charge in [0.2, 0.25) is 0 Å². The second-order valence-electron chi connectivity index (χ2n) is 8.14. The Labute approximate surface area is 173 Å². The van der Waals surface area contributed by atoms with Gasteiger partial charge in [-0.1, -0.05) is 12.1 Å². The van der Waals surface area contributed by atoms with Gasteiger partial charge in [0.25, 0.3) is 11.8 Å². The molecule has 5 rings (SSSR count). The lowest BCUT2D eigenvalue weighted by Gasteiger charge is -2.35. The number of rotatable bonds is 3. The van der Waals surface area contributed by atoms with Crippen LogP contribution >= 0.6 is 0 Å². The third-order valence-electron chi connectivity index (χ3n) is 6.04. The van der Waals surface area contributed by atoms with Crippen molar-refractivity contribution in [2.24, 2.45) is 0 Å². The minimum atomic E-state index is -1.14. The highest BCUT2D eigenvalue weighted by Gasteiger charge is 2.50. The zero-order chi connectivity index (χ0) is 20.9. The van der Waals surface area contributed by atoms with Gasteiger partial charge in [0.05, 0.1) is 0 Å². The monoisotopic (exact) mass is 405 g/mol. The number of H-pyrrole nitrogens is 1. The summed E-state index contributed by atoms with van der Waals surface area (Å²) in [5.41, 5.74) is 3.08. The smallest absolute Gasteiger partial charge is 0.254 e. The number of fused-ring (bicyclic) bond motifs is 1. The number of nitrogens with one attached hydrogen (secondary N) is 1. The van der Waals surface area contributed by atoms with Gasteiger partial charge in [-0.3, -0.25) is 14.7 Å². The molecule has 1 saturated heterocycles. The van der Waals surface area contributed by atoms with E-state index in [1.54, 1.807) is 16.0 Å². The van der Waals surface area contributed by atoms with Crippen molar-refractivity contribution in [3.8, 4) is 11.1 Å². The molecule has 8 heteroatoms. The molecule has 1 aromatic carbocycles. The molecule has 3 aromatic rings. The number of aryl methyl sites for hydroxylation is 1. The van der Waals surface area contributed by atoms with Crippen LogP contribution in [0.15, 0.2) is 36.5 Å². The van der Waals surface area contributed by atoms with Crippen LogP contribution in [0.2, 0.25) is 0 Å².